The zero-order chi connectivity index (χ0) is 14.4. The molecule has 5 heteroatoms. The van der Waals surface area contributed by atoms with Crippen LogP contribution < -0.4 is 5.32 Å². The highest BCUT2D eigenvalue weighted by Gasteiger charge is 2.12. The Morgan fingerprint density at radius 3 is 2.68 bits per heavy atom. The molecule has 0 saturated carbocycles. The van der Waals surface area contributed by atoms with E-state index in [9.17, 15) is 9.59 Å². The number of carbonyl (C=O) groups excluding carboxylic acids is 1. The number of rotatable bonds is 7. The topological polar surface area (TPSA) is 66.4 Å². The first-order chi connectivity index (χ1) is 8.95. The van der Waals surface area contributed by atoms with Gasteiger partial charge >= 0.3 is 5.97 Å². The lowest BCUT2D eigenvalue weighted by Gasteiger charge is -2.06. The average Bonchev–Trinajstić information content (AvgIpc) is 2.75. The molecule has 1 atom stereocenters. The van der Waals surface area contributed by atoms with Gasteiger partial charge in [0.05, 0.1) is 10.8 Å². The summed E-state index contributed by atoms with van der Waals surface area (Å²) < 4.78 is 0. The Morgan fingerprint density at radius 2 is 2.16 bits per heavy atom. The summed E-state index contributed by atoms with van der Waals surface area (Å²) in [5.74, 6) is -1.20. The lowest BCUT2D eigenvalue weighted by Crippen LogP contribution is -2.24. The van der Waals surface area contributed by atoms with Crippen LogP contribution in [0.25, 0.3) is 0 Å². The second-order valence-corrected chi connectivity index (χ2v) is 5.84. The molecule has 1 rings (SSSR count). The Labute approximate surface area is 117 Å². The fourth-order valence-electron chi connectivity index (χ4n) is 1.80. The molecule has 19 heavy (non-hydrogen) atoms. The number of thiophene rings is 1. The largest absolute Gasteiger partial charge is 0.481 e. The molecule has 2 N–H and O–H groups in total. The van der Waals surface area contributed by atoms with Crippen LogP contribution in [0.15, 0.2) is 6.07 Å². The predicted molar refractivity (Wildman–Crippen MR) is 76.8 cm³/mol. The summed E-state index contributed by atoms with van der Waals surface area (Å²) >= 11 is 1.53. The van der Waals surface area contributed by atoms with Gasteiger partial charge in [-0.15, -0.1) is 11.3 Å². The summed E-state index contributed by atoms with van der Waals surface area (Å²) in [5.41, 5.74) is 1.16. The monoisotopic (exact) mass is 283 g/mol. The van der Waals surface area contributed by atoms with Crippen molar-refractivity contribution in [2.24, 2.45) is 5.92 Å². The second-order valence-electron chi connectivity index (χ2n) is 4.71. The van der Waals surface area contributed by atoms with Gasteiger partial charge in [-0.05, 0) is 37.8 Å². The number of amides is 1. The fraction of sp³-hybridized carbons (Fsp3) is 0.571. The summed E-state index contributed by atoms with van der Waals surface area (Å²) in [6.07, 6.45) is 2.21. The molecule has 0 fully saturated rings. The van der Waals surface area contributed by atoms with Crippen molar-refractivity contribution < 1.29 is 14.7 Å². The highest BCUT2D eigenvalue weighted by atomic mass is 32.1. The van der Waals surface area contributed by atoms with Crippen LogP contribution in [0.4, 0.5) is 0 Å². The van der Waals surface area contributed by atoms with Gasteiger partial charge in [0.15, 0.2) is 0 Å². The van der Waals surface area contributed by atoms with Crippen molar-refractivity contribution in [2.45, 2.75) is 40.0 Å². The molecule has 4 nitrogen and oxygen atoms in total. The Bertz CT molecular complexity index is 454. The molecule has 0 aromatic carbocycles. The summed E-state index contributed by atoms with van der Waals surface area (Å²) in [6, 6.07) is 1.92. The number of carboxylic acid groups (broad SMARTS) is 1. The standard InChI is InChI=1S/C14H21NO3S/c1-4-11-10(3)8-12(19-11)13(16)15-7-5-6-9(2)14(17)18/h8-9H,4-7H2,1-3H3,(H,15,16)(H,17,18). The normalized spacial score (nSPS) is 12.2. The zero-order valence-electron chi connectivity index (χ0n) is 11.7. The SMILES string of the molecule is CCc1sc(C(=O)NCCCC(C)C(=O)O)cc1C. The minimum Gasteiger partial charge on any atom is -0.481 e. The Balaban J connectivity index is 2.37. The van der Waals surface area contributed by atoms with Crippen molar-refractivity contribution in [3.63, 3.8) is 0 Å². The van der Waals surface area contributed by atoms with Gasteiger partial charge in [0, 0.05) is 11.4 Å². The number of aliphatic carboxylic acids is 1. The van der Waals surface area contributed by atoms with Crippen LogP contribution >= 0.6 is 11.3 Å². The van der Waals surface area contributed by atoms with E-state index >= 15 is 0 Å². The Hall–Kier alpha value is -1.36. The molecule has 0 aliphatic rings. The van der Waals surface area contributed by atoms with E-state index in [2.05, 4.69) is 12.2 Å². The molecule has 0 radical (unpaired) electrons. The summed E-state index contributed by atoms with van der Waals surface area (Å²) in [6.45, 7) is 6.30. The number of nitrogens with one attached hydrogen (secondary N) is 1. The van der Waals surface area contributed by atoms with Crippen molar-refractivity contribution in [1.82, 2.24) is 5.32 Å². The van der Waals surface area contributed by atoms with Crippen LogP contribution in [0, 0.1) is 12.8 Å². The maximum atomic E-state index is 11.9. The van der Waals surface area contributed by atoms with Crippen LogP contribution in [0.1, 0.15) is 46.8 Å². The Kier molecular flexibility index (Phi) is 6.02. The fourth-order valence-corrected chi connectivity index (χ4v) is 2.83. The third kappa shape index (κ3) is 4.67. The van der Waals surface area contributed by atoms with E-state index in [1.165, 1.54) is 16.2 Å². The predicted octanol–water partition coefficient (Wildman–Crippen LogP) is 2.85. The van der Waals surface area contributed by atoms with Crippen LogP contribution in [0.2, 0.25) is 0 Å². The average molecular weight is 283 g/mol. The third-order valence-electron chi connectivity index (χ3n) is 3.09. The zero-order valence-corrected chi connectivity index (χ0v) is 12.5. The van der Waals surface area contributed by atoms with Crippen molar-refractivity contribution in [3.05, 3.63) is 21.4 Å². The highest BCUT2D eigenvalue weighted by Crippen LogP contribution is 2.22. The molecule has 0 spiro atoms. The first-order valence-corrected chi connectivity index (χ1v) is 7.37. The van der Waals surface area contributed by atoms with E-state index in [0.29, 0.717) is 19.4 Å². The van der Waals surface area contributed by atoms with Gasteiger partial charge < -0.3 is 10.4 Å². The van der Waals surface area contributed by atoms with E-state index in [4.69, 9.17) is 5.11 Å². The second kappa shape index (κ2) is 7.28. The molecule has 1 aromatic heterocycles. The number of carbonyl (C=O) groups is 2. The van der Waals surface area contributed by atoms with Crippen molar-refractivity contribution in [1.29, 1.82) is 0 Å². The lowest BCUT2D eigenvalue weighted by atomic mass is 10.1. The highest BCUT2D eigenvalue weighted by molar-refractivity contribution is 7.14. The van der Waals surface area contributed by atoms with E-state index in [1.54, 1.807) is 6.92 Å². The molecular formula is C14H21NO3S. The van der Waals surface area contributed by atoms with Gasteiger partial charge in [-0.25, -0.2) is 0 Å². The van der Waals surface area contributed by atoms with Crippen molar-refractivity contribution >= 4 is 23.2 Å². The minimum absolute atomic E-state index is 0.0595. The summed E-state index contributed by atoms with van der Waals surface area (Å²) in [5, 5.41) is 11.6. The summed E-state index contributed by atoms with van der Waals surface area (Å²) in [4.78, 5) is 24.5. The number of hydrogen-bond acceptors (Lipinski definition) is 3. The smallest absolute Gasteiger partial charge is 0.306 e. The first-order valence-electron chi connectivity index (χ1n) is 6.56. The molecular weight excluding hydrogens is 262 g/mol. The number of aryl methyl sites for hydroxylation is 2. The molecule has 0 bridgehead atoms. The molecule has 0 aliphatic carbocycles. The molecule has 1 heterocycles. The van der Waals surface area contributed by atoms with Crippen molar-refractivity contribution in [2.75, 3.05) is 6.54 Å². The van der Waals surface area contributed by atoms with E-state index in [1.807, 2.05) is 13.0 Å². The van der Waals surface area contributed by atoms with Gasteiger partial charge in [0.2, 0.25) is 0 Å². The first kappa shape index (κ1) is 15.7. The molecule has 106 valence electrons. The van der Waals surface area contributed by atoms with E-state index in [-0.39, 0.29) is 11.8 Å². The van der Waals surface area contributed by atoms with Gasteiger partial charge in [-0.1, -0.05) is 13.8 Å². The van der Waals surface area contributed by atoms with E-state index in [0.717, 1.165) is 16.9 Å². The lowest BCUT2D eigenvalue weighted by molar-refractivity contribution is -0.141. The third-order valence-corrected chi connectivity index (χ3v) is 4.47. The summed E-state index contributed by atoms with van der Waals surface area (Å²) in [7, 11) is 0. The van der Waals surface area contributed by atoms with Crippen LogP contribution in [0.5, 0.6) is 0 Å². The number of carboxylic acids is 1. The molecule has 0 aliphatic heterocycles. The molecule has 1 amide bonds. The Morgan fingerprint density at radius 1 is 1.47 bits per heavy atom. The van der Waals surface area contributed by atoms with Gasteiger partial charge in [-0.2, -0.15) is 0 Å². The van der Waals surface area contributed by atoms with Gasteiger partial charge in [0.25, 0.3) is 5.91 Å². The van der Waals surface area contributed by atoms with Crippen molar-refractivity contribution in [3.8, 4) is 0 Å². The van der Waals surface area contributed by atoms with Gasteiger partial charge in [-0.3, -0.25) is 9.59 Å². The maximum Gasteiger partial charge on any atom is 0.306 e. The molecule has 0 saturated heterocycles. The minimum atomic E-state index is -0.784. The molecule has 1 aromatic rings. The van der Waals surface area contributed by atoms with Crippen LogP contribution in [0.3, 0.4) is 0 Å². The van der Waals surface area contributed by atoms with E-state index < -0.39 is 5.97 Å². The van der Waals surface area contributed by atoms with Crippen LogP contribution in [-0.4, -0.2) is 23.5 Å². The van der Waals surface area contributed by atoms with Crippen LogP contribution in [-0.2, 0) is 11.2 Å². The van der Waals surface area contributed by atoms with Gasteiger partial charge in [0.1, 0.15) is 0 Å². The number of hydrogen-bond donors (Lipinski definition) is 2. The maximum absolute atomic E-state index is 11.9. The molecule has 1 unspecified atom stereocenters. The quantitative estimate of drug-likeness (QED) is 0.756.